The van der Waals surface area contributed by atoms with Gasteiger partial charge >= 0.3 is 0 Å². The van der Waals surface area contributed by atoms with E-state index in [1.807, 2.05) is 13.0 Å². The van der Waals surface area contributed by atoms with Gasteiger partial charge in [-0.05, 0) is 32.5 Å². The third kappa shape index (κ3) is 6.52. The molecule has 0 fully saturated rings. The number of hydrogen-bond acceptors (Lipinski definition) is 5. The first-order valence-corrected chi connectivity index (χ1v) is 7.62. The summed E-state index contributed by atoms with van der Waals surface area (Å²) in [6.07, 6.45) is 0.988. The van der Waals surface area contributed by atoms with Crippen LogP contribution in [0.1, 0.15) is 18.9 Å². The fourth-order valence-corrected chi connectivity index (χ4v) is 2.21. The summed E-state index contributed by atoms with van der Waals surface area (Å²) in [5, 5.41) is 15.8. The van der Waals surface area contributed by atoms with E-state index in [2.05, 4.69) is 10.6 Å². The molecular weight excluding hydrogens is 292 g/mol. The predicted octanol–water partition coefficient (Wildman–Crippen LogP) is 1.81. The topological polar surface area (TPSA) is 62.8 Å². The van der Waals surface area contributed by atoms with Crippen LogP contribution in [0.2, 0.25) is 5.02 Å². The average Bonchev–Trinajstić information content (AvgIpc) is 2.48. The van der Waals surface area contributed by atoms with E-state index in [4.69, 9.17) is 26.2 Å². The fourth-order valence-electron chi connectivity index (χ4n) is 1.98. The number of nitrogens with one attached hydrogen (secondary N) is 2. The number of benzene rings is 1. The van der Waals surface area contributed by atoms with Gasteiger partial charge in [0.25, 0.3) is 0 Å². The molecule has 0 saturated heterocycles. The van der Waals surface area contributed by atoms with Crippen LogP contribution < -0.4 is 20.1 Å². The molecule has 6 heteroatoms. The van der Waals surface area contributed by atoms with Gasteiger partial charge in [-0.3, -0.25) is 0 Å². The molecular formula is C15H25ClN2O3. The quantitative estimate of drug-likeness (QED) is 0.544. The Morgan fingerprint density at radius 3 is 2.62 bits per heavy atom. The Hall–Kier alpha value is -1.01. The Kier molecular flexibility index (Phi) is 9.17. The maximum Gasteiger partial charge on any atom is 0.165 e. The van der Waals surface area contributed by atoms with Gasteiger partial charge in [-0.2, -0.15) is 0 Å². The summed E-state index contributed by atoms with van der Waals surface area (Å²) >= 11 is 6.10. The maximum atomic E-state index is 8.66. The van der Waals surface area contributed by atoms with Crippen molar-refractivity contribution in [2.45, 2.75) is 19.9 Å². The Morgan fingerprint density at radius 1 is 1.19 bits per heavy atom. The number of aliphatic hydroxyl groups is 1. The molecule has 0 aromatic heterocycles. The second kappa shape index (κ2) is 10.7. The van der Waals surface area contributed by atoms with E-state index in [0.29, 0.717) is 30.5 Å². The zero-order valence-electron chi connectivity index (χ0n) is 12.7. The molecule has 0 atom stereocenters. The van der Waals surface area contributed by atoms with E-state index in [0.717, 1.165) is 30.8 Å². The van der Waals surface area contributed by atoms with Gasteiger partial charge in [0, 0.05) is 29.7 Å². The molecule has 0 amide bonds. The zero-order chi connectivity index (χ0) is 15.5. The minimum atomic E-state index is 0.174. The van der Waals surface area contributed by atoms with Crippen molar-refractivity contribution in [3.05, 3.63) is 22.7 Å². The number of methoxy groups -OCH3 is 1. The summed E-state index contributed by atoms with van der Waals surface area (Å²) in [5.41, 5.74) is 0.990. The van der Waals surface area contributed by atoms with Crippen molar-refractivity contribution < 1.29 is 14.6 Å². The van der Waals surface area contributed by atoms with Crippen molar-refractivity contribution in [2.75, 3.05) is 40.0 Å². The highest BCUT2D eigenvalue weighted by molar-refractivity contribution is 6.30. The number of ether oxygens (including phenoxy) is 2. The highest BCUT2D eigenvalue weighted by atomic mass is 35.5. The minimum absolute atomic E-state index is 0.174. The second-order valence-corrected chi connectivity index (χ2v) is 4.97. The lowest BCUT2D eigenvalue weighted by Crippen LogP contribution is -2.24. The van der Waals surface area contributed by atoms with Crippen molar-refractivity contribution >= 4 is 11.6 Å². The van der Waals surface area contributed by atoms with E-state index in [1.54, 1.807) is 13.2 Å². The van der Waals surface area contributed by atoms with Gasteiger partial charge < -0.3 is 25.2 Å². The van der Waals surface area contributed by atoms with Crippen LogP contribution in [0.25, 0.3) is 0 Å². The predicted molar refractivity (Wildman–Crippen MR) is 85.5 cm³/mol. The van der Waals surface area contributed by atoms with E-state index in [1.165, 1.54) is 0 Å². The summed E-state index contributed by atoms with van der Waals surface area (Å²) in [6.45, 7) is 5.76. The highest BCUT2D eigenvalue weighted by Crippen LogP contribution is 2.34. The van der Waals surface area contributed by atoms with Gasteiger partial charge in [-0.25, -0.2) is 0 Å². The first-order valence-electron chi connectivity index (χ1n) is 7.24. The lowest BCUT2D eigenvalue weighted by atomic mass is 10.1. The van der Waals surface area contributed by atoms with Gasteiger partial charge in [-0.1, -0.05) is 11.6 Å². The minimum Gasteiger partial charge on any atom is -0.493 e. The number of halogens is 1. The maximum absolute atomic E-state index is 8.66. The van der Waals surface area contributed by atoms with E-state index in [9.17, 15) is 0 Å². The molecule has 120 valence electrons. The Morgan fingerprint density at radius 2 is 1.95 bits per heavy atom. The molecule has 0 saturated carbocycles. The van der Waals surface area contributed by atoms with Crippen LogP contribution in [0.3, 0.4) is 0 Å². The molecule has 21 heavy (non-hydrogen) atoms. The van der Waals surface area contributed by atoms with Gasteiger partial charge in [0.05, 0.1) is 20.3 Å². The number of aliphatic hydroxyl groups excluding tert-OH is 1. The lowest BCUT2D eigenvalue weighted by Gasteiger charge is -2.15. The molecule has 0 heterocycles. The number of hydrogen-bond donors (Lipinski definition) is 3. The van der Waals surface area contributed by atoms with Crippen LogP contribution in [0, 0.1) is 0 Å². The molecule has 5 nitrogen and oxygen atoms in total. The Labute approximate surface area is 131 Å². The van der Waals surface area contributed by atoms with Crippen LogP contribution in [0.15, 0.2) is 12.1 Å². The summed E-state index contributed by atoms with van der Waals surface area (Å²) in [4.78, 5) is 0. The first kappa shape index (κ1) is 18.0. The number of rotatable bonds is 11. The SMILES string of the molecule is CCOc1c(CNCCCNCCO)cc(Cl)cc1OC. The lowest BCUT2D eigenvalue weighted by molar-refractivity contribution is 0.292. The Bertz CT molecular complexity index is 416. The standard InChI is InChI=1S/C15H25ClN2O3/c1-3-21-15-12(9-13(16)10-14(15)20-2)11-18-6-4-5-17-7-8-19/h9-10,17-19H,3-8,11H2,1-2H3. The molecule has 0 bridgehead atoms. The van der Waals surface area contributed by atoms with Gasteiger partial charge in [-0.15, -0.1) is 0 Å². The molecule has 0 radical (unpaired) electrons. The van der Waals surface area contributed by atoms with E-state index in [-0.39, 0.29) is 6.61 Å². The van der Waals surface area contributed by atoms with Gasteiger partial charge in [0.2, 0.25) is 0 Å². The van der Waals surface area contributed by atoms with Crippen molar-refractivity contribution in [2.24, 2.45) is 0 Å². The van der Waals surface area contributed by atoms with Crippen LogP contribution in [0.5, 0.6) is 11.5 Å². The second-order valence-electron chi connectivity index (χ2n) is 4.53. The molecule has 1 rings (SSSR count). The molecule has 1 aromatic rings. The molecule has 1 aromatic carbocycles. The van der Waals surface area contributed by atoms with Gasteiger partial charge in [0.15, 0.2) is 11.5 Å². The average molecular weight is 317 g/mol. The van der Waals surface area contributed by atoms with Gasteiger partial charge in [0.1, 0.15) is 0 Å². The third-order valence-corrected chi connectivity index (χ3v) is 3.13. The van der Waals surface area contributed by atoms with Crippen LogP contribution in [-0.4, -0.2) is 45.1 Å². The summed E-state index contributed by atoms with van der Waals surface area (Å²) < 4.78 is 11.0. The van der Waals surface area contributed by atoms with Crippen molar-refractivity contribution in [3.8, 4) is 11.5 Å². The third-order valence-electron chi connectivity index (χ3n) is 2.92. The van der Waals surface area contributed by atoms with Crippen molar-refractivity contribution in [3.63, 3.8) is 0 Å². The van der Waals surface area contributed by atoms with E-state index >= 15 is 0 Å². The Balaban J connectivity index is 2.51. The molecule has 0 aliphatic rings. The smallest absolute Gasteiger partial charge is 0.165 e. The highest BCUT2D eigenvalue weighted by Gasteiger charge is 2.12. The van der Waals surface area contributed by atoms with Crippen LogP contribution >= 0.6 is 11.6 Å². The summed E-state index contributed by atoms with van der Waals surface area (Å²) in [6, 6.07) is 3.65. The summed E-state index contributed by atoms with van der Waals surface area (Å²) in [5.74, 6) is 1.40. The molecule has 0 aliphatic heterocycles. The largest absolute Gasteiger partial charge is 0.493 e. The van der Waals surface area contributed by atoms with Crippen LogP contribution in [0.4, 0.5) is 0 Å². The van der Waals surface area contributed by atoms with E-state index < -0.39 is 0 Å². The fraction of sp³-hybridized carbons (Fsp3) is 0.600. The zero-order valence-corrected chi connectivity index (χ0v) is 13.5. The molecule has 0 spiro atoms. The first-order chi connectivity index (χ1) is 10.2. The normalized spacial score (nSPS) is 10.7. The molecule has 0 unspecified atom stereocenters. The summed E-state index contributed by atoms with van der Waals surface area (Å²) in [7, 11) is 1.61. The van der Waals surface area contributed by atoms with Crippen LogP contribution in [-0.2, 0) is 6.54 Å². The molecule has 3 N–H and O–H groups in total. The molecule has 0 aliphatic carbocycles. The van der Waals surface area contributed by atoms with Crippen molar-refractivity contribution in [1.82, 2.24) is 10.6 Å². The monoisotopic (exact) mass is 316 g/mol. The van der Waals surface area contributed by atoms with Crippen molar-refractivity contribution in [1.29, 1.82) is 0 Å².